The van der Waals surface area contributed by atoms with E-state index in [1.807, 2.05) is 25.1 Å². The predicted molar refractivity (Wildman–Crippen MR) is 157 cm³/mol. The Morgan fingerprint density at radius 2 is 1.74 bits per heavy atom. The summed E-state index contributed by atoms with van der Waals surface area (Å²) in [5, 5.41) is 5.90. The first-order valence-electron chi connectivity index (χ1n) is 13.6. The molecule has 0 radical (unpaired) electrons. The van der Waals surface area contributed by atoms with E-state index >= 15 is 0 Å². The average molecular weight is 592 g/mol. The standard InChI is InChI=1S/C32H29F4N5O2/c1-5-19-12-13-41(4)30(43)24-15-21(10-11-23(19)24)37-26-16-22(9-7-18(26)3)38-29(42)28-27(39-31(40-28)32(34,35)36)20-8-6-17(2)25(33)14-20/h6-16,19,37H,5H2,1-4H3,(H,38,42)(H,39,40). The van der Waals surface area contributed by atoms with Crippen molar-refractivity contribution in [3.05, 3.63) is 106 Å². The zero-order valence-corrected chi connectivity index (χ0v) is 23.9. The Labute approximate surface area is 245 Å². The maximum absolute atomic E-state index is 14.2. The summed E-state index contributed by atoms with van der Waals surface area (Å²) in [5.41, 5.74) is 3.42. The molecule has 4 aromatic rings. The summed E-state index contributed by atoms with van der Waals surface area (Å²) in [4.78, 5) is 33.5. The van der Waals surface area contributed by atoms with Crippen LogP contribution in [0.15, 0.2) is 66.9 Å². The number of carbonyl (C=O) groups excluding carboxylic acids is 2. The van der Waals surface area contributed by atoms with Gasteiger partial charge in [-0.15, -0.1) is 0 Å². The summed E-state index contributed by atoms with van der Waals surface area (Å²) in [6, 6.07) is 14.4. The lowest BCUT2D eigenvalue weighted by Gasteiger charge is -2.17. The van der Waals surface area contributed by atoms with Gasteiger partial charge in [0.1, 0.15) is 17.2 Å². The van der Waals surface area contributed by atoms with Crippen molar-refractivity contribution < 1.29 is 27.2 Å². The van der Waals surface area contributed by atoms with Gasteiger partial charge >= 0.3 is 6.18 Å². The van der Waals surface area contributed by atoms with Crippen LogP contribution in [0.25, 0.3) is 11.3 Å². The number of nitrogens with one attached hydrogen (secondary N) is 3. The third kappa shape index (κ3) is 6.01. The molecule has 5 rings (SSSR count). The van der Waals surface area contributed by atoms with Gasteiger partial charge in [0.25, 0.3) is 11.8 Å². The number of H-pyrrole nitrogens is 1. The van der Waals surface area contributed by atoms with E-state index in [9.17, 15) is 27.2 Å². The summed E-state index contributed by atoms with van der Waals surface area (Å²) in [7, 11) is 1.70. The zero-order valence-electron chi connectivity index (χ0n) is 23.9. The van der Waals surface area contributed by atoms with Crippen molar-refractivity contribution in [2.24, 2.45) is 0 Å². The Bertz CT molecular complexity index is 1760. The van der Waals surface area contributed by atoms with E-state index in [1.54, 1.807) is 42.4 Å². The van der Waals surface area contributed by atoms with Gasteiger partial charge in [-0.05, 0) is 67.3 Å². The number of hydrogen-bond donors (Lipinski definition) is 3. The number of imidazole rings is 1. The molecule has 1 atom stereocenters. The van der Waals surface area contributed by atoms with E-state index in [4.69, 9.17) is 0 Å². The maximum Gasteiger partial charge on any atom is 0.449 e. The quantitative estimate of drug-likeness (QED) is 0.199. The highest BCUT2D eigenvalue weighted by atomic mass is 19.4. The van der Waals surface area contributed by atoms with Crippen molar-refractivity contribution in [1.29, 1.82) is 0 Å². The third-order valence-electron chi connectivity index (χ3n) is 7.40. The van der Waals surface area contributed by atoms with Crippen molar-refractivity contribution in [3.63, 3.8) is 0 Å². The van der Waals surface area contributed by atoms with Gasteiger partial charge in [0.2, 0.25) is 5.82 Å². The molecule has 11 heteroatoms. The molecular formula is C32H29F4N5O2. The van der Waals surface area contributed by atoms with Crippen molar-refractivity contribution in [3.8, 4) is 11.3 Å². The first-order chi connectivity index (χ1) is 20.3. The maximum atomic E-state index is 14.2. The van der Waals surface area contributed by atoms with Crippen LogP contribution in [0.5, 0.6) is 0 Å². The number of halogens is 4. The molecule has 1 aliphatic heterocycles. The molecular weight excluding hydrogens is 562 g/mol. The smallest absolute Gasteiger partial charge is 0.355 e. The van der Waals surface area contributed by atoms with E-state index in [0.717, 1.165) is 23.6 Å². The minimum atomic E-state index is -4.85. The molecule has 0 saturated carbocycles. The van der Waals surface area contributed by atoms with Crippen molar-refractivity contribution >= 4 is 28.9 Å². The summed E-state index contributed by atoms with van der Waals surface area (Å²) < 4.78 is 54.8. The zero-order chi connectivity index (χ0) is 31.1. The summed E-state index contributed by atoms with van der Waals surface area (Å²) in [6.07, 6.45) is -0.239. The number of anilines is 3. The summed E-state index contributed by atoms with van der Waals surface area (Å²) >= 11 is 0. The monoisotopic (exact) mass is 591 g/mol. The molecule has 1 aromatic heterocycles. The van der Waals surface area contributed by atoms with Crippen LogP contribution < -0.4 is 10.6 Å². The van der Waals surface area contributed by atoms with Gasteiger partial charge in [-0.25, -0.2) is 9.37 Å². The molecule has 0 spiro atoms. The number of aryl methyl sites for hydroxylation is 2. The average Bonchev–Trinajstić information content (AvgIpc) is 3.39. The fraction of sp³-hybridized carbons (Fsp3) is 0.219. The van der Waals surface area contributed by atoms with Crippen LogP contribution in [0.1, 0.15) is 62.6 Å². The fourth-order valence-electron chi connectivity index (χ4n) is 4.90. The highest BCUT2D eigenvalue weighted by Gasteiger charge is 2.37. The molecule has 222 valence electrons. The molecule has 0 saturated heterocycles. The second-order valence-electron chi connectivity index (χ2n) is 10.5. The van der Waals surface area contributed by atoms with E-state index in [0.29, 0.717) is 28.2 Å². The lowest BCUT2D eigenvalue weighted by molar-refractivity contribution is -0.144. The largest absolute Gasteiger partial charge is 0.449 e. The summed E-state index contributed by atoms with van der Waals surface area (Å²) in [5.74, 6) is -2.93. The number of fused-ring (bicyclic) bond motifs is 1. The van der Waals surface area contributed by atoms with Crippen molar-refractivity contribution in [2.75, 3.05) is 17.7 Å². The molecule has 2 heterocycles. The van der Waals surface area contributed by atoms with Crippen LogP contribution in [0, 0.1) is 19.7 Å². The minimum absolute atomic E-state index is 0.0233. The van der Waals surface area contributed by atoms with Gasteiger partial charge in [-0.3, -0.25) is 9.59 Å². The Balaban J connectivity index is 1.44. The first-order valence-corrected chi connectivity index (χ1v) is 13.6. The number of benzene rings is 3. The van der Waals surface area contributed by atoms with Crippen LogP contribution >= 0.6 is 0 Å². The topological polar surface area (TPSA) is 90.1 Å². The first kappa shape index (κ1) is 29.6. The molecule has 43 heavy (non-hydrogen) atoms. The number of allylic oxidation sites excluding steroid dienone is 1. The minimum Gasteiger partial charge on any atom is -0.355 e. The van der Waals surface area contributed by atoms with Gasteiger partial charge in [0.05, 0.1) is 0 Å². The van der Waals surface area contributed by atoms with E-state index in [2.05, 4.69) is 27.5 Å². The molecule has 3 aromatic carbocycles. The lowest BCUT2D eigenvalue weighted by atomic mass is 9.92. The Kier molecular flexibility index (Phi) is 7.83. The molecule has 0 fully saturated rings. The van der Waals surface area contributed by atoms with Crippen molar-refractivity contribution in [2.45, 2.75) is 39.3 Å². The van der Waals surface area contributed by atoms with Crippen LogP contribution in [-0.2, 0) is 6.18 Å². The molecule has 2 amide bonds. The van der Waals surface area contributed by atoms with Crippen LogP contribution in [0.4, 0.5) is 34.6 Å². The van der Waals surface area contributed by atoms with E-state index in [1.165, 1.54) is 19.1 Å². The predicted octanol–water partition coefficient (Wildman–Crippen LogP) is 7.94. The fourth-order valence-corrected chi connectivity index (χ4v) is 4.90. The highest BCUT2D eigenvalue weighted by molar-refractivity contribution is 6.07. The number of aromatic nitrogens is 2. The molecule has 0 bridgehead atoms. The molecule has 0 aliphatic carbocycles. The molecule has 1 aliphatic rings. The number of aromatic amines is 1. The highest BCUT2D eigenvalue weighted by Crippen LogP contribution is 2.34. The number of carbonyl (C=O) groups is 2. The Hall–Kier alpha value is -4.93. The van der Waals surface area contributed by atoms with Gasteiger partial charge in [-0.2, -0.15) is 13.2 Å². The van der Waals surface area contributed by atoms with Gasteiger partial charge in [0.15, 0.2) is 0 Å². The van der Waals surface area contributed by atoms with Gasteiger partial charge in [-0.1, -0.05) is 37.3 Å². The second-order valence-corrected chi connectivity index (χ2v) is 10.5. The van der Waals surface area contributed by atoms with E-state index in [-0.39, 0.29) is 23.1 Å². The van der Waals surface area contributed by atoms with E-state index < -0.39 is 29.4 Å². The normalized spacial score (nSPS) is 14.8. The Morgan fingerprint density at radius 3 is 2.44 bits per heavy atom. The van der Waals surface area contributed by atoms with Crippen LogP contribution in [-0.4, -0.2) is 33.7 Å². The number of alkyl halides is 3. The molecule has 7 nitrogen and oxygen atoms in total. The van der Waals surface area contributed by atoms with Crippen LogP contribution in [0.2, 0.25) is 0 Å². The SMILES string of the molecule is CCC1C=CN(C)C(=O)c2cc(Nc3cc(NC(=O)c4[nH]c(C(F)(F)F)nc4-c4ccc(C)c(F)c4)ccc3C)ccc21. The third-order valence-corrected chi connectivity index (χ3v) is 7.40. The molecule has 1 unspecified atom stereocenters. The van der Waals surface area contributed by atoms with Crippen LogP contribution in [0.3, 0.4) is 0 Å². The number of rotatable bonds is 6. The number of hydrogen-bond acceptors (Lipinski definition) is 4. The van der Waals surface area contributed by atoms with Gasteiger partial charge in [0, 0.05) is 47.4 Å². The Morgan fingerprint density at radius 1 is 1.02 bits per heavy atom. The number of nitrogens with zero attached hydrogens (tertiary/aromatic N) is 2. The molecule has 3 N–H and O–H groups in total. The summed E-state index contributed by atoms with van der Waals surface area (Å²) in [6.45, 7) is 5.42. The van der Waals surface area contributed by atoms with Gasteiger partial charge < -0.3 is 20.5 Å². The second kappa shape index (κ2) is 11.4. The number of amides is 2. The lowest BCUT2D eigenvalue weighted by Crippen LogP contribution is -2.20. The van der Waals surface area contributed by atoms with Crippen molar-refractivity contribution in [1.82, 2.24) is 14.9 Å².